The molecule has 0 saturated heterocycles. The Morgan fingerprint density at radius 3 is 2.83 bits per heavy atom. The maximum Gasteiger partial charge on any atom is 0.269 e. The van der Waals surface area contributed by atoms with Gasteiger partial charge in [-0.15, -0.1) is 10.2 Å². The molecule has 6 nitrogen and oxygen atoms in total. The fraction of sp³-hybridized carbons (Fsp3) is 0.500. The molecule has 0 unspecified atom stereocenters. The average molecular weight is 333 g/mol. The summed E-state index contributed by atoms with van der Waals surface area (Å²) >= 11 is 1.61. The van der Waals surface area contributed by atoms with Gasteiger partial charge in [0.2, 0.25) is 0 Å². The molecule has 0 atom stereocenters. The third-order valence-electron chi connectivity index (χ3n) is 3.28. The number of thioether (sulfide) groups is 1. The van der Waals surface area contributed by atoms with Crippen LogP contribution in [0.3, 0.4) is 0 Å². The molecule has 2 rings (SSSR count). The fourth-order valence-electron chi connectivity index (χ4n) is 2.24. The summed E-state index contributed by atoms with van der Waals surface area (Å²) in [7, 11) is 0. The summed E-state index contributed by atoms with van der Waals surface area (Å²) in [6.45, 7) is 5.87. The number of pyridine rings is 1. The fourth-order valence-corrected chi connectivity index (χ4v) is 2.76. The molecular weight excluding hydrogens is 310 g/mol. The Balaban J connectivity index is 1.84. The Bertz CT molecular complexity index is 627. The minimum Gasteiger partial charge on any atom is -0.351 e. The highest BCUT2D eigenvalue weighted by Crippen LogP contribution is 2.16. The van der Waals surface area contributed by atoms with Crippen molar-refractivity contribution in [2.24, 2.45) is 5.92 Å². The number of nitrogens with one attached hydrogen (secondary N) is 1. The molecule has 0 saturated carbocycles. The molecule has 0 aliphatic rings. The summed E-state index contributed by atoms with van der Waals surface area (Å²) in [6.07, 6.45) is 5.25. The third-order valence-corrected chi connectivity index (χ3v) is 3.95. The molecule has 0 aromatic carbocycles. The Kier molecular flexibility index (Phi) is 6.58. The second kappa shape index (κ2) is 8.67. The smallest absolute Gasteiger partial charge is 0.269 e. The van der Waals surface area contributed by atoms with E-state index in [2.05, 4.69) is 38.9 Å². The second-order valence-corrected chi connectivity index (χ2v) is 6.46. The van der Waals surface area contributed by atoms with Crippen LogP contribution in [0.15, 0.2) is 29.6 Å². The molecule has 1 N–H and O–H groups in total. The minimum absolute atomic E-state index is 0.140. The van der Waals surface area contributed by atoms with E-state index in [0.29, 0.717) is 18.2 Å². The molecule has 2 aromatic rings. The third kappa shape index (κ3) is 5.06. The summed E-state index contributed by atoms with van der Waals surface area (Å²) in [5.41, 5.74) is 0.445. The van der Waals surface area contributed by atoms with E-state index < -0.39 is 0 Å². The van der Waals surface area contributed by atoms with Crippen molar-refractivity contribution in [2.45, 2.75) is 38.4 Å². The molecule has 0 radical (unpaired) electrons. The van der Waals surface area contributed by atoms with Crippen LogP contribution < -0.4 is 5.32 Å². The monoisotopic (exact) mass is 333 g/mol. The topological polar surface area (TPSA) is 72.7 Å². The number of nitrogens with zero attached hydrogens (tertiary/aromatic N) is 4. The first-order valence-electron chi connectivity index (χ1n) is 7.77. The van der Waals surface area contributed by atoms with E-state index in [1.807, 2.05) is 6.26 Å². The number of carbonyl (C=O) groups excluding carboxylic acids is 1. The highest BCUT2D eigenvalue weighted by molar-refractivity contribution is 7.98. The number of amides is 1. The quantitative estimate of drug-likeness (QED) is 0.593. The lowest BCUT2D eigenvalue weighted by atomic mass is 10.2. The van der Waals surface area contributed by atoms with Crippen molar-refractivity contribution in [3.8, 4) is 0 Å². The lowest BCUT2D eigenvalue weighted by molar-refractivity contribution is 0.0948. The van der Waals surface area contributed by atoms with Crippen molar-refractivity contribution < 1.29 is 4.79 Å². The predicted octanol–water partition coefficient (Wildman–Crippen LogP) is 2.41. The van der Waals surface area contributed by atoms with Gasteiger partial charge in [-0.3, -0.25) is 9.78 Å². The van der Waals surface area contributed by atoms with Gasteiger partial charge < -0.3 is 9.88 Å². The molecule has 124 valence electrons. The van der Waals surface area contributed by atoms with Crippen LogP contribution in [0.4, 0.5) is 0 Å². The predicted molar refractivity (Wildman–Crippen MR) is 91.5 cm³/mol. The van der Waals surface area contributed by atoms with E-state index in [1.165, 1.54) is 0 Å². The van der Waals surface area contributed by atoms with Crippen molar-refractivity contribution in [1.82, 2.24) is 25.1 Å². The van der Waals surface area contributed by atoms with Gasteiger partial charge in [0.1, 0.15) is 11.5 Å². The first kappa shape index (κ1) is 17.5. The van der Waals surface area contributed by atoms with Crippen LogP contribution in [0, 0.1) is 5.92 Å². The zero-order valence-corrected chi connectivity index (χ0v) is 14.6. The van der Waals surface area contributed by atoms with E-state index in [0.717, 1.165) is 30.4 Å². The number of carbonyl (C=O) groups is 1. The van der Waals surface area contributed by atoms with E-state index in [4.69, 9.17) is 0 Å². The van der Waals surface area contributed by atoms with Crippen molar-refractivity contribution in [2.75, 3.05) is 12.8 Å². The van der Waals surface area contributed by atoms with Gasteiger partial charge in [0.05, 0.1) is 0 Å². The van der Waals surface area contributed by atoms with E-state index in [-0.39, 0.29) is 5.91 Å². The van der Waals surface area contributed by atoms with Gasteiger partial charge in [-0.25, -0.2) is 0 Å². The van der Waals surface area contributed by atoms with Gasteiger partial charge in [0, 0.05) is 25.7 Å². The van der Waals surface area contributed by atoms with Crippen molar-refractivity contribution in [3.05, 3.63) is 35.9 Å². The molecule has 0 spiro atoms. The van der Waals surface area contributed by atoms with Crippen molar-refractivity contribution in [3.63, 3.8) is 0 Å². The highest BCUT2D eigenvalue weighted by Gasteiger charge is 2.12. The summed E-state index contributed by atoms with van der Waals surface area (Å²) < 4.78 is 2.18. The molecule has 7 heteroatoms. The van der Waals surface area contributed by atoms with Crippen LogP contribution in [-0.2, 0) is 13.0 Å². The van der Waals surface area contributed by atoms with Crippen LogP contribution in [-0.4, -0.2) is 38.5 Å². The zero-order chi connectivity index (χ0) is 16.7. The highest BCUT2D eigenvalue weighted by atomic mass is 32.2. The van der Waals surface area contributed by atoms with Gasteiger partial charge in [-0.2, -0.15) is 0 Å². The first-order chi connectivity index (χ1) is 11.1. The Morgan fingerprint density at radius 2 is 2.17 bits per heavy atom. The number of hydrogen-bond donors (Lipinski definition) is 1. The second-order valence-electron chi connectivity index (χ2n) is 5.68. The summed E-state index contributed by atoms with van der Waals surface area (Å²) in [5, 5.41) is 12.3. The van der Waals surface area contributed by atoms with Crippen LogP contribution in [0.1, 0.15) is 36.6 Å². The summed E-state index contributed by atoms with van der Waals surface area (Å²) in [5.74, 6) is 1.38. The molecule has 2 heterocycles. The SMILES string of the molecule is CSc1nnc(CCCNC(=O)c2ccccn2)n1CC(C)C. The van der Waals surface area contributed by atoms with Gasteiger partial charge in [-0.05, 0) is 30.7 Å². The van der Waals surface area contributed by atoms with Crippen LogP contribution in [0.5, 0.6) is 0 Å². The molecule has 23 heavy (non-hydrogen) atoms. The first-order valence-corrected chi connectivity index (χ1v) is 8.99. The van der Waals surface area contributed by atoms with Gasteiger partial charge in [0.15, 0.2) is 5.16 Å². The van der Waals surface area contributed by atoms with Gasteiger partial charge in [-0.1, -0.05) is 31.7 Å². The molecule has 1 amide bonds. The van der Waals surface area contributed by atoms with Crippen molar-refractivity contribution in [1.29, 1.82) is 0 Å². The lowest BCUT2D eigenvalue weighted by Gasteiger charge is -2.11. The molecular formula is C16H23N5OS. The summed E-state index contributed by atoms with van der Waals surface area (Å²) in [6, 6.07) is 5.31. The van der Waals surface area contributed by atoms with E-state index >= 15 is 0 Å². The average Bonchev–Trinajstić information content (AvgIpc) is 2.93. The largest absolute Gasteiger partial charge is 0.351 e. The zero-order valence-electron chi connectivity index (χ0n) is 13.8. The maximum absolute atomic E-state index is 11.9. The number of aromatic nitrogens is 4. The Morgan fingerprint density at radius 1 is 1.35 bits per heavy atom. The summed E-state index contributed by atoms with van der Waals surface area (Å²) in [4.78, 5) is 15.9. The lowest BCUT2D eigenvalue weighted by Crippen LogP contribution is -2.25. The minimum atomic E-state index is -0.140. The normalized spacial score (nSPS) is 11.0. The van der Waals surface area contributed by atoms with Crippen LogP contribution in [0.25, 0.3) is 0 Å². The van der Waals surface area contributed by atoms with E-state index in [1.54, 1.807) is 36.2 Å². The van der Waals surface area contributed by atoms with Gasteiger partial charge >= 0.3 is 0 Å². The Hall–Kier alpha value is -1.89. The van der Waals surface area contributed by atoms with Crippen LogP contribution >= 0.6 is 11.8 Å². The number of aryl methyl sites for hydroxylation is 1. The number of rotatable bonds is 8. The molecule has 0 bridgehead atoms. The number of hydrogen-bond acceptors (Lipinski definition) is 5. The standard InChI is InChI=1S/C16H23N5OS/c1-12(2)11-21-14(19-20-16(21)23-3)8-6-10-18-15(22)13-7-4-5-9-17-13/h4-5,7,9,12H,6,8,10-11H2,1-3H3,(H,18,22). The van der Waals surface area contributed by atoms with E-state index in [9.17, 15) is 4.79 Å². The van der Waals surface area contributed by atoms with Crippen LogP contribution in [0.2, 0.25) is 0 Å². The Labute approximate surface area is 141 Å². The van der Waals surface area contributed by atoms with Gasteiger partial charge in [0.25, 0.3) is 5.91 Å². The molecule has 2 aromatic heterocycles. The maximum atomic E-state index is 11.9. The molecule has 0 fully saturated rings. The molecule has 0 aliphatic heterocycles. The molecule has 0 aliphatic carbocycles. The van der Waals surface area contributed by atoms with Crippen molar-refractivity contribution >= 4 is 17.7 Å².